The van der Waals surface area contributed by atoms with Gasteiger partial charge < -0.3 is 15.5 Å². The lowest BCUT2D eigenvalue weighted by Gasteiger charge is -2.34. The molecule has 0 unspecified atom stereocenters. The number of hydrogen-bond donors (Lipinski definition) is 2. The summed E-state index contributed by atoms with van der Waals surface area (Å²) in [5.41, 5.74) is 2.65. The summed E-state index contributed by atoms with van der Waals surface area (Å²) in [7, 11) is 0. The number of carbonyl (C=O) groups is 1. The van der Waals surface area contributed by atoms with E-state index in [-0.39, 0.29) is 17.8 Å². The molecule has 1 aliphatic heterocycles. The molecule has 1 saturated heterocycles. The Morgan fingerprint density at radius 1 is 1.14 bits per heavy atom. The maximum atomic E-state index is 13.0. The highest BCUT2D eigenvalue weighted by Gasteiger charge is 2.22. The van der Waals surface area contributed by atoms with Crippen LogP contribution in [0.3, 0.4) is 0 Å². The van der Waals surface area contributed by atoms with Crippen LogP contribution in [0.15, 0.2) is 72.9 Å². The first-order valence-electron chi connectivity index (χ1n) is 9.71. The highest BCUT2D eigenvalue weighted by atomic mass is 19.1. The number of aromatic nitrogens is 1. The molecular formula is C23H23FN4O. The van der Waals surface area contributed by atoms with Crippen molar-refractivity contribution in [3.05, 3.63) is 95.4 Å². The van der Waals surface area contributed by atoms with Crippen LogP contribution in [0.25, 0.3) is 0 Å². The second-order valence-corrected chi connectivity index (χ2v) is 7.08. The Morgan fingerprint density at radius 2 is 1.93 bits per heavy atom. The lowest BCUT2D eigenvalue weighted by atomic mass is 10.0. The van der Waals surface area contributed by atoms with E-state index < -0.39 is 0 Å². The molecule has 1 aliphatic rings. The van der Waals surface area contributed by atoms with E-state index in [2.05, 4.69) is 32.7 Å². The van der Waals surface area contributed by atoms with Crippen LogP contribution in [-0.2, 0) is 6.54 Å². The van der Waals surface area contributed by atoms with Crippen molar-refractivity contribution in [2.24, 2.45) is 0 Å². The van der Waals surface area contributed by atoms with Crippen LogP contribution in [-0.4, -0.2) is 30.5 Å². The summed E-state index contributed by atoms with van der Waals surface area (Å²) >= 11 is 0. The van der Waals surface area contributed by atoms with Gasteiger partial charge in [-0.25, -0.2) is 9.37 Å². The first-order valence-corrected chi connectivity index (χ1v) is 9.71. The molecule has 1 aromatic heterocycles. The molecular weight excluding hydrogens is 367 g/mol. The number of benzene rings is 2. The molecule has 0 aliphatic carbocycles. The number of piperazine rings is 1. The van der Waals surface area contributed by atoms with Gasteiger partial charge in [0.1, 0.15) is 11.6 Å². The smallest absolute Gasteiger partial charge is 0.251 e. The normalized spacial score (nSPS) is 16.4. The Hall–Kier alpha value is -3.25. The second kappa shape index (κ2) is 8.84. The van der Waals surface area contributed by atoms with Gasteiger partial charge in [-0.1, -0.05) is 42.5 Å². The number of pyridine rings is 1. The van der Waals surface area contributed by atoms with E-state index in [0.29, 0.717) is 12.1 Å². The summed E-state index contributed by atoms with van der Waals surface area (Å²) in [6.07, 6.45) is 1.67. The number of nitrogens with one attached hydrogen (secondary N) is 2. The van der Waals surface area contributed by atoms with E-state index in [4.69, 9.17) is 0 Å². The van der Waals surface area contributed by atoms with Crippen molar-refractivity contribution in [3.63, 3.8) is 0 Å². The van der Waals surface area contributed by atoms with Crippen LogP contribution >= 0.6 is 0 Å². The van der Waals surface area contributed by atoms with Crippen molar-refractivity contribution >= 4 is 11.7 Å². The largest absolute Gasteiger partial charge is 0.353 e. The van der Waals surface area contributed by atoms with Crippen molar-refractivity contribution in [1.82, 2.24) is 15.6 Å². The molecule has 0 saturated carbocycles. The van der Waals surface area contributed by atoms with Gasteiger partial charge in [0.15, 0.2) is 0 Å². The zero-order chi connectivity index (χ0) is 20.1. The van der Waals surface area contributed by atoms with E-state index in [1.165, 1.54) is 17.7 Å². The fraction of sp³-hybridized carbons (Fsp3) is 0.217. The van der Waals surface area contributed by atoms with E-state index in [1.807, 2.05) is 24.3 Å². The highest BCUT2D eigenvalue weighted by molar-refractivity contribution is 5.94. The van der Waals surface area contributed by atoms with E-state index >= 15 is 0 Å². The van der Waals surface area contributed by atoms with Crippen LogP contribution in [0.2, 0.25) is 0 Å². The van der Waals surface area contributed by atoms with Gasteiger partial charge in [0.25, 0.3) is 5.91 Å². The minimum Gasteiger partial charge on any atom is -0.353 e. The summed E-state index contributed by atoms with van der Waals surface area (Å²) in [5, 5.41) is 6.42. The molecule has 1 fully saturated rings. The summed E-state index contributed by atoms with van der Waals surface area (Å²) in [4.78, 5) is 19.2. The SMILES string of the molecule is O=C(NCc1ccc(F)cc1)c1ccnc(N2CCN[C@@H](c3ccccc3)C2)c1. The predicted octanol–water partition coefficient (Wildman–Crippen LogP) is 3.30. The minimum atomic E-state index is -0.288. The summed E-state index contributed by atoms with van der Waals surface area (Å²) < 4.78 is 13.0. The Labute approximate surface area is 169 Å². The molecule has 4 rings (SSSR count). The third kappa shape index (κ3) is 4.78. The predicted molar refractivity (Wildman–Crippen MR) is 111 cm³/mol. The average Bonchev–Trinajstić information content (AvgIpc) is 2.79. The topological polar surface area (TPSA) is 57.3 Å². The maximum Gasteiger partial charge on any atom is 0.251 e. The van der Waals surface area contributed by atoms with Gasteiger partial charge in [-0.15, -0.1) is 0 Å². The fourth-order valence-electron chi connectivity index (χ4n) is 3.49. The van der Waals surface area contributed by atoms with Gasteiger partial charge >= 0.3 is 0 Å². The van der Waals surface area contributed by atoms with Gasteiger partial charge in [-0.05, 0) is 35.4 Å². The first-order chi connectivity index (χ1) is 14.2. The van der Waals surface area contributed by atoms with Gasteiger partial charge in [0.05, 0.1) is 0 Å². The van der Waals surface area contributed by atoms with Crippen LogP contribution in [0.1, 0.15) is 27.5 Å². The Morgan fingerprint density at radius 3 is 2.72 bits per heavy atom. The summed E-state index contributed by atoms with van der Waals surface area (Å²) in [6, 6.07) is 20.2. The van der Waals surface area contributed by atoms with Gasteiger partial charge in [0, 0.05) is 44.0 Å². The highest BCUT2D eigenvalue weighted by Crippen LogP contribution is 2.21. The van der Waals surface area contributed by atoms with Gasteiger partial charge in [-0.3, -0.25) is 4.79 Å². The van der Waals surface area contributed by atoms with E-state index in [0.717, 1.165) is 31.0 Å². The Bertz CT molecular complexity index is 962. The first kappa shape index (κ1) is 19.1. The maximum absolute atomic E-state index is 13.0. The molecule has 2 heterocycles. The van der Waals surface area contributed by atoms with Crippen LogP contribution in [0.5, 0.6) is 0 Å². The number of amides is 1. The lowest BCUT2D eigenvalue weighted by molar-refractivity contribution is 0.0951. The molecule has 3 aromatic rings. The van der Waals surface area contributed by atoms with E-state index in [1.54, 1.807) is 24.4 Å². The van der Waals surface area contributed by atoms with Crippen molar-refractivity contribution in [2.75, 3.05) is 24.5 Å². The van der Waals surface area contributed by atoms with Crippen molar-refractivity contribution < 1.29 is 9.18 Å². The number of anilines is 1. The third-order valence-corrected chi connectivity index (χ3v) is 5.08. The van der Waals surface area contributed by atoms with Crippen LogP contribution < -0.4 is 15.5 Å². The van der Waals surface area contributed by atoms with Gasteiger partial charge in [0.2, 0.25) is 0 Å². The molecule has 0 spiro atoms. The number of rotatable bonds is 5. The molecule has 0 radical (unpaired) electrons. The zero-order valence-corrected chi connectivity index (χ0v) is 16.0. The number of nitrogens with zero attached hydrogens (tertiary/aromatic N) is 2. The monoisotopic (exact) mass is 390 g/mol. The second-order valence-electron chi connectivity index (χ2n) is 7.08. The van der Waals surface area contributed by atoms with Crippen LogP contribution in [0.4, 0.5) is 10.2 Å². The van der Waals surface area contributed by atoms with Crippen molar-refractivity contribution in [2.45, 2.75) is 12.6 Å². The fourth-order valence-corrected chi connectivity index (χ4v) is 3.49. The van der Waals surface area contributed by atoms with Crippen molar-refractivity contribution in [1.29, 1.82) is 0 Å². The molecule has 29 heavy (non-hydrogen) atoms. The Balaban J connectivity index is 1.42. The summed E-state index contributed by atoms with van der Waals surface area (Å²) in [5.74, 6) is 0.332. The molecule has 0 bridgehead atoms. The summed E-state index contributed by atoms with van der Waals surface area (Å²) in [6.45, 7) is 2.82. The zero-order valence-electron chi connectivity index (χ0n) is 16.0. The van der Waals surface area contributed by atoms with Crippen molar-refractivity contribution in [3.8, 4) is 0 Å². The molecule has 2 N–H and O–H groups in total. The molecule has 5 nitrogen and oxygen atoms in total. The quantitative estimate of drug-likeness (QED) is 0.702. The number of carbonyl (C=O) groups excluding carboxylic acids is 1. The van der Waals surface area contributed by atoms with Gasteiger partial charge in [-0.2, -0.15) is 0 Å². The third-order valence-electron chi connectivity index (χ3n) is 5.08. The average molecular weight is 390 g/mol. The van der Waals surface area contributed by atoms with Crippen LogP contribution in [0, 0.1) is 5.82 Å². The lowest BCUT2D eigenvalue weighted by Crippen LogP contribution is -2.46. The molecule has 6 heteroatoms. The molecule has 2 aromatic carbocycles. The standard InChI is InChI=1S/C23H23FN4O/c24-20-8-6-17(7-9-20)15-27-23(29)19-10-11-26-22(14-19)28-13-12-25-21(16-28)18-4-2-1-3-5-18/h1-11,14,21,25H,12-13,15-16H2,(H,27,29)/t21-/m1/s1. The number of hydrogen-bond acceptors (Lipinski definition) is 4. The molecule has 1 atom stereocenters. The molecule has 148 valence electrons. The molecule has 1 amide bonds. The number of halogens is 1. The minimum absolute atomic E-state index is 0.173. The van der Waals surface area contributed by atoms with E-state index in [9.17, 15) is 9.18 Å². The Kier molecular flexibility index (Phi) is 5.81.